The van der Waals surface area contributed by atoms with Crippen LogP contribution >= 0.6 is 50.5 Å². The van der Waals surface area contributed by atoms with Gasteiger partial charge in [-0.05, 0) is 22.0 Å². The molecule has 0 radical (unpaired) electrons. The Kier molecular flexibility index (Phi) is 4.19. The largest absolute Gasteiger partial charge is 0.428 e. The van der Waals surface area contributed by atoms with E-state index in [0.29, 0.717) is 14.7 Å². The summed E-state index contributed by atoms with van der Waals surface area (Å²) < 4.78 is 19.1. The Hall–Kier alpha value is -0.430. The molecule has 0 aliphatic heterocycles. The van der Waals surface area contributed by atoms with Gasteiger partial charge in [0.05, 0.1) is 15.4 Å². The Morgan fingerprint density at radius 1 is 1.41 bits per heavy atom. The van der Waals surface area contributed by atoms with Gasteiger partial charge >= 0.3 is 0 Å². The summed E-state index contributed by atoms with van der Waals surface area (Å²) in [5.74, 6) is -0.0203. The maximum Gasteiger partial charge on any atom is 0.299 e. The Bertz CT molecular complexity index is 552. The van der Waals surface area contributed by atoms with Crippen LogP contribution in [0.15, 0.2) is 16.6 Å². The third-order valence-electron chi connectivity index (χ3n) is 1.73. The smallest absolute Gasteiger partial charge is 0.299 e. The van der Waals surface area contributed by atoms with Crippen LogP contribution in [0.25, 0.3) is 0 Å². The van der Waals surface area contributed by atoms with E-state index in [1.165, 1.54) is 23.5 Å². The summed E-state index contributed by atoms with van der Waals surface area (Å²) in [6.07, 6.45) is 0. The predicted octanol–water partition coefficient (Wildman–Crippen LogP) is 4.62. The first-order valence-corrected chi connectivity index (χ1v) is 6.83. The number of benzene rings is 1. The fraction of sp³-hybridized carbons (Fsp3) is 0.111. The zero-order chi connectivity index (χ0) is 12.4. The van der Waals surface area contributed by atoms with Crippen LogP contribution in [0.2, 0.25) is 5.02 Å². The summed E-state index contributed by atoms with van der Waals surface area (Å²) >= 11 is 15.6. The maximum atomic E-state index is 13.2. The molecule has 0 bridgehead atoms. The third kappa shape index (κ3) is 3.07. The molecule has 90 valence electrons. The molecule has 2 aromatic rings. The lowest BCUT2D eigenvalue weighted by atomic mass is 10.3. The molecule has 0 unspecified atom stereocenters. The highest BCUT2D eigenvalue weighted by molar-refractivity contribution is 9.10. The van der Waals surface area contributed by atoms with Crippen LogP contribution in [0, 0.1) is 5.82 Å². The van der Waals surface area contributed by atoms with Crippen molar-refractivity contribution in [2.45, 2.75) is 5.88 Å². The number of halogens is 4. The van der Waals surface area contributed by atoms with E-state index < -0.39 is 5.82 Å². The van der Waals surface area contributed by atoms with Crippen LogP contribution in [0.1, 0.15) is 5.01 Å². The molecule has 0 fully saturated rings. The first kappa shape index (κ1) is 13.0. The Labute approximate surface area is 119 Å². The topological polar surface area (TPSA) is 35.0 Å². The van der Waals surface area contributed by atoms with Crippen molar-refractivity contribution < 1.29 is 9.13 Å². The molecular formula is C9H4BrCl2FN2OS. The molecule has 1 heterocycles. The van der Waals surface area contributed by atoms with Crippen LogP contribution < -0.4 is 4.74 Å². The fourth-order valence-electron chi connectivity index (χ4n) is 1.01. The fourth-order valence-corrected chi connectivity index (χ4v) is 2.50. The Morgan fingerprint density at radius 3 is 2.82 bits per heavy atom. The van der Waals surface area contributed by atoms with E-state index in [2.05, 4.69) is 26.1 Å². The van der Waals surface area contributed by atoms with Crippen LogP contribution in [-0.4, -0.2) is 10.2 Å². The molecule has 1 aromatic carbocycles. The number of alkyl halides is 1. The molecule has 0 N–H and O–H groups in total. The molecular weight excluding hydrogens is 354 g/mol. The zero-order valence-electron chi connectivity index (χ0n) is 8.08. The molecule has 0 amide bonds. The monoisotopic (exact) mass is 356 g/mol. The Morgan fingerprint density at radius 2 is 2.18 bits per heavy atom. The summed E-state index contributed by atoms with van der Waals surface area (Å²) in [7, 11) is 0. The van der Waals surface area contributed by atoms with E-state index in [0.717, 1.165) is 0 Å². The highest BCUT2D eigenvalue weighted by Gasteiger charge is 2.11. The molecule has 1 aromatic heterocycles. The van der Waals surface area contributed by atoms with E-state index in [4.69, 9.17) is 27.9 Å². The van der Waals surface area contributed by atoms with Gasteiger partial charge in [-0.1, -0.05) is 28.0 Å². The average Bonchev–Trinajstić information content (AvgIpc) is 2.73. The normalized spacial score (nSPS) is 10.6. The van der Waals surface area contributed by atoms with E-state index in [1.807, 2.05) is 0 Å². The standard InChI is InChI=1S/C9H4BrCl2FN2OS/c10-4-1-5(12)6(13)2-7(4)16-9-15-14-8(3-11)17-9/h1-2H,3H2. The van der Waals surface area contributed by atoms with E-state index in [9.17, 15) is 4.39 Å². The number of ether oxygens (including phenoxy) is 1. The third-order valence-corrected chi connectivity index (χ3v) is 3.86. The number of aromatic nitrogens is 2. The SMILES string of the molecule is Fc1cc(Oc2nnc(CCl)s2)c(Br)cc1Cl. The molecule has 3 nitrogen and oxygen atoms in total. The molecule has 17 heavy (non-hydrogen) atoms. The maximum absolute atomic E-state index is 13.2. The van der Waals surface area contributed by atoms with Crippen molar-refractivity contribution in [3.05, 3.63) is 32.5 Å². The summed E-state index contributed by atoms with van der Waals surface area (Å²) in [4.78, 5) is 0. The summed E-state index contributed by atoms with van der Waals surface area (Å²) in [6.45, 7) is 0. The van der Waals surface area contributed by atoms with Crippen LogP contribution in [0.4, 0.5) is 4.39 Å². The second kappa shape index (κ2) is 5.48. The second-order valence-corrected chi connectivity index (χ2v) is 5.45. The van der Waals surface area contributed by atoms with Gasteiger partial charge in [0.25, 0.3) is 5.19 Å². The van der Waals surface area contributed by atoms with Gasteiger partial charge in [0, 0.05) is 6.07 Å². The van der Waals surface area contributed by atoms with Gasteiger partial charge in [-0.3, -0.25) is 0 Å². The first-order valence-electron chi connectivity index (χ1n) is 4.31. The number of hydrogen-bond acceptors (Lipinski definition) is 4. The van der Waals surface area contributed by atoms with Crippen molar-refractivity contribution in [3.63, 3.8) is 0 Å². The van der Waals surface area contributed by atoms with E-state index in [-0.39, 0.29) is 16.7 Å². The van der Waals surface area contributed by atoms with Crippen molar-refractivity contribution in [2.24, 2.45) is 0 Å². The minimum atomic E-state index is -0.563. The lowest BCUT2D eigenvalue weighted by Gasteiger charge is -2.04. The molecule has 0 aliphatic carbocycles. The number of hydrogen-bond donors (Lipinski definition) is 0. The van der Waals surface area contributed by atoms with Crippen molar-refractivity contribution in [2.75, 3.05) is 0 Å². The van der Waals surface area contributed by atoms with E-state index in [1.54, 1.807) is 0 Å². The van der Waals surface area contributed by atoms with Gasteiger partial charge < -0.3 is 4.74 Å². The number of rotatable bonds is 3. The Balaban J connectivity index is 2.26. The van der Waals surface area contributed by atoms with Gasteiger partial charge in [-0.25, -0.2) is 4.39 Å². The summed E-state index contributed by atoms with van der Waals surface area (Å²) in [5, 5.41) is 8.48. The molecule has 0 aliphatic rings. The van der Waals surface area contributed by atoms with Crippen LogP contribution in [0.3, 0.4) is 0 Å². The van der Waals surface area contributed by atoms with Gasteiger partial charge in [0.1, 0.15) is 16.6 Å². The van der Waals surface area contributed by atoms with Crippen molar-refractivity contribution in [1.29, 1.82) is 0 Å². The molecule has 0 atom stereocenters. The highest BCUT2D eigenvalue weighted by atomic mass is 79.9. The first-order chi connectivity index (χ1) is 8.10. The second-order valence-electron chi connectivity index (χ2n) is 2.89. The molecule has 0 saturated carbocycles. The van der Waals surface area contributed by atoms with Gasteiger partial charge in [-0.15, -0.1) is 16.7 Å². The molecule has 0 spiro atoms. The van der Waals surface area contributed by atoms with Crippen molar-refractivity contribution in [1.82, 2.24) is 10.2 Å². The molecule has 8 heteroatoms. The van der Waals surface area contributed by atoms with E-state index >= 15 is 0 Å². The van der Waals surface area contributed by atoms with Crippen molar-refractivity contribution in [3.8, 4) is 10.9 Å². The van der Waals surface area contributed by atoms with Gasteiger partial charge in [0.15, 0.2) is 0 Å². The molecule has 2 rings (SSSR count). The van der Waals surface area contributed by atoms with Gasteiger partial charge in [-0.2, -0.15) is 0 Å². The quantitative estimate of drug-likeness (QED) is 0.593. The van der Waals surface area contributed by atoms with Crippen LogP contribution in [0.5, 0.6) is 10.9 Å². The minimum absolute atomic E-state index is 0.0166. The van der Waals surface area contributed by atoms with Crippen molar-refractivity contribution >= 4 is 50.5 Å². The predicted molar refractivity (Wildman–Crippen MR) is 68.7 cm³/mol. The summed E-state index contributed by atoms with van der Waals surface area (Å²) in [6, 6.07) is 2.59. The lowest BCUT2D eigenvalue weighted by molar-refractivity contribution is 0.465. The molecule has 0 saturated heterocycles. The minimum Gasteiger partial charge on any atom is -0.428 e. The number of nitrogens with zero attached hydrogens (tertiary/aromatic N) is 2. The zero-order valence-corrected chi connectivity index (χ0v) is 12.0. The highest BCUT2D eigenvalue weighted by Crippen LogP contribution is 2.34. The summed E-state index contributed by atoms with van der Waals surface area (Å²) in [5.41, 5.74) is 0. The lowest BCUT2D eigenvalue weighted by Crippen LogP contribution is -1.87. The van der Waals surface area contributed by atoms with Crippen LogP contribution in [-0.2, 0) is 5.88 Å². The van der Waals surface area contributed by atoms with Gasteiger partial charge in [0.2, 0.25) is 0 Å². The average molecular weight is 358 g/mol.